The number of hydrogen-bond acceptors (Lipinski definition) is 3. The van der Waals surface area contributed by atoms with Gasteiger partial charge in [0.1, 0.15) is 0 Å². The van der Waals surface area contributed by atoms with E-state index in [-0.39, 0.29) is 0 Å². The fourth-order valence-electron chi connectivity index (χ4n) is 4.03. The van der Waals surface area contributed by atoms with Gasteiger partial charge in [-0.3, -0.25) is 9.89 Å². The molecule has 2 aromatic rings. The van der Waals surface area contributed by atoms with Gasteiger partial charge in [0, 0.05) is 48.3 Å². The van der Waals surface area contributed by atoms with Crippen molar-refractivity contribution in [1.82, 2.24) is 20.5 Å². The van der Waals surface area contributed by atoms with E-state index in [2.05, 4.69) is 72.5 Å². The van der Waals surface area contributed by atoms with Crippen molar-refractivity contribution in [3.05, 3.63) is 35.5 Å². The number of para-hydroxylation sites is 1. The van der Waals surface area contributed by atoms with Crippen LogP contribution >= 0.6 is 0 Å². The van der Waals surface area contributed by atoms with E-state index in [1.807, 2.05) is 0 Å². The number of morpholine rings is 1. The molecule has 1 aliphatic rings. The molecule has 2 heterocycles. The lowest BCUT2D eigenvalue weighted by molar-refractivity contribution is -0.0165. The van der Waals surface area contributed by atoms with Gasteiger partial charge in [-0.25, -0.2) is 0 Å². The molecule has 2 atom stereocenters. The Morgan fingerprint density at radius 3 is 2.96 bits per heavy atom. The van der Waals surface area contributed by atoms with Gasteiger partial charge < -0.3 is 20.4 Å². The molecule has 1 aromatic heterocycles. The van der Waals surface area contributed by atoms with Gasteiger partial charge in [0.15, 0.2) is 5.96 Å². The summed E-state index contributed by atoms with van der Waals surface area (Å²) >= 11 is 0. The fourth-order valence-corrected chi connectivity index (χ4v) is 4.03. The summed E-state index contributed by atoms with van der Waals surface area (Å²) in [4.78, 5) is 10.8. The van der Waals surface area contributed by atoms with Gasteiger partial charge in [-0.05, 0) is 45.7 Å². The first-order valence-electron chi connectivity index (χ1n) is 10.5. The molecule has 28 heavy (non-hydrogen) atoms. The topological polar surface area (TPSA) is 64.7 Å². The first kappa shape index (κ1) is 20.7. The Bertz CT molecular complexity index is 784. The quantitative estimate of drug-likeness (QED) is 0.506. The van der Waals surface area contributed by atoms with Crippen LogP contribution in [0.4, 0.5) is 0 Å². The van der Waals surface area contributed by atoms with Gasteiger partial charge in [-0.1, -0.05) is 18.2 Å². The van der Waals surface area contributed by atoms with Gasteiger partial charge in [-0.15, -0.1) is 0 Å². The average molecular weight is 386 g/mol. The Hall–Kier alpha value is -2.05. The van der Waals surface area contributed by atoms with E-state index in [0.29, 0.717) is 12.1 Å². The SMILES string of the molecule is CCNC(=NCC(C)N1CCOCC1C)NCCc1c(C)[nH]c2ccccc12. The number of guanidine groups is 1. The molecule has 3 rings (SSSR count). The van der Waals surface area contributed by atoms with Crippen LogP contribution in [0.15, 0.2) is 29.3 Å². The molecule has 1 aromatic carbocycles. The van der Waals surface area contributed by atoms with Gasteiger partial charge in [0.2, 0.25) is 0 Å². The largest absolute Gasteiger partial charge is 0.379 e. The predicted molar refractivity (Wildman–Crippen MR) is 117 cm³/mol. The first-order valence-corrected chi connectivity index (χ1v) is 10.5. The number of hydrogen-bond donors (Lipinski definition) is 3. The summed E-state index contributed by atoms with van der Waals surface area (Å²) < 4.78 is 5.55. The van der Waals surface area contributed by atoms with Gasteiger partial charge in [-0.2, -0.15) is 0 Å². The highest BCUT2D eigenvalue weighted by molar-refractivity contribution is 5.84. The second kappa shape index (κ2) is 9.94. The number of benzene rings is 1. The molecule has 0 aliphatic carbocycles. The Balaban J connectivity index is 1.56. The van der Waals surface area contributed by atoms with Crippen LogP contribution in [0.2, 0.25) is 0 Å². The van der Waals surface area contributed by atoms with Crippen LogP contribution in [0, 0.1) is 6.92 Å². The second-order valence-electron chi connectivity index (χ2n) is 7.68. The highest BCUT2D eigenvalue weighted by Crippen LogP contribution is 2.21. The third-order valence-electron chi connectivity index (χ3n) is 5.54. The summed E-state index contributed by atoms with van der Waals surface area (Å²) in [6.45, 7) is 13.9. The zero-order valence-electron chi connectivity index (χ0n) is 17.7. The number of fused-ring (bicyclic) bond motifs is 1. The van der Waals surface area contributed by atoms with Crippen molar-refractivity contribution >= 4 is 16.9 Å². The van der Waals surface area contributed by atoms with Crippen LogP contribution in [-0.2, 0) is 11.2 Å². The standard InChI is InChI=1S/C22H35N5O/c1-5-23-22(25-14-16(2)27-12-13-28-15-17(27)3)24-11-10-19-18(4)26-21-9-7-6-8-20(19)21/h6-9,16-17,26H,5,10-15H2,1-4H3,(H2,23,24,25). The maximum atomic E-state index is 5.55. The smallest absolute Gasteiger partial charge is 0.191 e. The number of aryl methyl sites for hydroxylation is 1. The van der Waals surface area contributed by atoms with Crippen LogP contribution in [0.3, 0.4) is 0 Å². The van der Waals surface area contributed by atoms with Crippen molar-refractivity contribution in [2.24, 2.45) is 4.99 Å². The lowest BCUT2D eigenvalue weighted by Crippen LogP contribution is -2.49. The van der Waals surface area contributed by atoms with Crippen molar-refractivity contribution < 1.29 is 4.74 Å². The summed E-state index contributed by atoms with van der Waals surface area (Å²) in [5.74, 6) is 0.896. The number of aliphatic imine (C=N–C) groups is 1. The fraction of sp³-hybridized carbons (Fsp3) is 0.591. The minimum atomic E-state index is 0.408. The number of nitrogens with zero attached hydrogens (tertiary/aromatic N) is 2. The molecular formula is C22H35N5O. The normalized spacial score (nSPS) is 19.7. The summed E-state index contributed by atoms with van der Waals surface area (Å²) in [5.41, 5.74) is 3.85. The van der Waals surface area contributed by atoms with Crippen LogP contribution in [0.25, 0.3) is 10.9 Å². The van der Waals surface area contributed by atoms with Crippen LogP contribution in [-0.4, -0.2) is 67.3 Å². The summed E-state index contributed by atoms with van der Waals surface area (Å²) in [5, 5.41) is 8.19. The van der Waals surface area contributed by atoms with Gasteiger partial charge in [0.05, 0.1) is 19.8 Å². The molecule has 0 spiro atoms. The number of rotatable bonds is 7. The second-order valence-corrected chi connectivity index (χ2v) is 7.68. The molecule has 0 saturated carbocycles. The van der Waals surface area contributed by atoms with Crippen molar-refractivity contribution in [3.8, 4) is 0 Å². The molecule has 1 saturated heterocycles. The molecule has 6 heteroatoms. The minimum Gasteiger partial charge on any atom is -0.379 e. The lowest BCUT2D eigenvalue weighted by atomic mass is 10.1. The number of aromatic nitrogens is 1. The maximum Gasteiger partial charge on any atom is 0.191 e. The monoisotopic (exact) mass is 385 g/mol. The summed E-state index contributed by atoms with van der Waals surface area (Å²) in [7, 11) is 0. The number of ether oxygens (including phenoxy) is 1. The first-order chi connectivity index (χ1) is 13.6. The zero-order valence-corrected chi connectivity index (χ0v) is 17.7. The molecule has 1 aliphatic heterocycles. The molecular weight excluding hydrogens is 350 g/mol. The van der Waals surface area contributed by atoms with Crippen molar-refractivity contribution in [3.63, 3.8) is 0 Å². The molecule has 0 amide bonds. The van der Waals surface area contributed by atoms with Gasteiger partial charge >= 0.3 is 0 Å². The summed E-state index contributed by atoms with van der Waals surface area (Å²) in [6.07, 6.45) is 0.969. The molecule has 2 unspecified atom stereocenters. The van der Waals surface area contributed by atoms with Crippen molar-refractivity contribution in [2.45, 2.75) is 46.2 Å². The van der Waals surface area contributed by atoms with Crippen molar-refractivity contribution in [1.29, 1.82) is 0 Å². The van der Waals surface area contributed by atoms with Gasteiger partial charge in [0.25, 0.3) is 0 Å². The van der Waals surface area contributed by atoms with Crippen LogP contribution < -0.4 is 10.6 Å². The number of aromatic amines is 1. The Labute approximate surface area is 168 Å². The van der Waals surface area contributed by atoms with E-state index in [1.165, 1.54) is 22.2 Å². The minimum absolute atomic E-state index is 0.408. The maximum absolute atomic E-state index is 5.55. The lowest BCUT2D eigenvalue weighted by Gasteiger charge is -2.37. The third-order valence-corrected chi connectivity index (χ3v) is 5.54. The van der Waals surface area contributed by atoms with E-state index in [9.17, 15) is 0 Å². The predicted octanol–water partition coefficient (Wildman–Crippen LogP) is 2.68. The van der Waals surface area contributed by atoms with E-state index in [0.717, 1.165) is 51.8 Å². The molecule has 154 valence electrons. The highest BCUT2D eigenvalue weighted by Gasteiger charge is 2.23. The van der Waals surface area contributed by atoms with E-state index in [4.69, 9.17) is 9.73 Å². The molecule has 6 nitrogen and oxygen atoms in total. The molecule has 1 fully saturated rings. The number of H-pyrrole nitrogens is 1. The highest BCUT2D eigenvalue weighted by atomic mass is 16.5. The van der Waals surface area contributed by atoms with E-state index >= 15 is 0 Å². The number of nitrogens with one attached hydrogen (secondary N) is 3. The Kier molecular flexibility index (Phi) is 7.34. The van der Waals surface area contributed by atoms with E-state index in [1.54, 1.807) is 0 Å². The Morgan fingerprint density at radius 2 is 2.18 bits per heavy atom. The summed E-state index contributed by atoms with van der Waals surface area (Å²) in [6, 6.07) is 9.38. The molecule has 0 radical (unpaired) electrons. The third kappa shape index (κ3) is 5.06. The van der Waals surface area contributed by atoms with E-state index < -0.39 is 0 Å². The van der Waals surface area contributed by atoms with Crippen LogP contribution in [0.5, 0.6) is 0 Å². The molecule has 3 N–H and O–H groups in total. The van der Waals surface area contributed by atoms with Crippen molar-refractivity contribution in [2.75, 3.05) is 39.4 Å². The molecule has 0 bridgehead atoms. The zero-order chi connectivity index (χ0) is 19.9. The van der Waals surface area contributed by atoms with Crippen LogP contribution in [0.1, 0.15) is 32.0 Å². The average Bonchev–Trinajstić information content (AvgIpc) is 3.01. The Morgan fingerprint density at radius 1 is 1.36 bits per heavy atom.